The second kappa shape index (κ2) is 7.50. The van der Waals surface area contributed by atoms with Gasteiger partial charge < -0.3 is 0 Å². The highest BCUT2D eigenvalue weighted by molar-refractivity contribution is 9.10. The Labute approximate surface area is 117 Å². The quantitative estimate of drug-likeness (QED) is 0.795. The van der Waals surface area contributed by atoms with Crippen LogP contribution in [0.2, 0.25) is 0 Å². The van der Waals surface area contributed by atoms with E-state index in [2.05, 4.69) is 40.7 Å². The van der Waals surface area contributed by atoms with Gasteiger partial charge >= 0.3 is 0 Å². The lowest BCUT2D eigenvalue weighted by molar-refractivity contribution is 0.240. The molecule has 0 amide bonds. The Balaban J connectivity index is 2.75. The summed E-state index contributed by atoms with van der Waals surface area (Å²) >= 11 is 3.28. The third kappa shape index (κ3) is 4.75. The van der Waals surface area contributed by atoms with Crippen molar-refractivity contribution in [1.29, 1.82) is 5.26 Å². The fourth-order valence-corrected chi connectivity index (χ4v) is 2.26. The SMILES string of the molecule is CC(C)CN(CCC#N)Cc1cccc(F)c1Br. The second-order valence-electron chi connectivity index (χ2n) is 4.75. The van der Waals surface area contributed by atoms with Crippen LogP contribution in [0.3, 0.4) is 0 Å². The van der Waals surface area contributed by atoms with E-state index in [1.54, 1.807) is 6.07 Å². The molecule has 0 aliphatic carbocycles. The maximum atomic E-state index is 13.4. The van der Waals surface area contributed by atoms with Crippen molar-refractivity contribution in [2.75, 3.05) is 13.1 Å². The molecule has 0 aliphatic rings. The Kier molecular flexibility index (Phi) is 6.31. The van der Waals surface area contributed by atoms with Crippen LogP contribution >= 0.6 is 15.9 Å². The van der Waals surface area contributed by atoms with Gasteiger partial charge in [-0.25, -0.2) is 4.39 Å². The monoisotopic (exact) mass is 312 g/mol. The molecule has 98 valence electrons. The number of halogens is 2. The molecule has 0 aliphatic heterocycles. The van der Waals surface area contributed by atoms with Gasteiger partial charge in [-0.15, -0.1) is 0 Å². The number of hydrogen-bond acceptors (Lipinski definition) is 2. The van der Waals surface area contributed by atoms with E-state index in [4.69, 9.17) is 5.26 Å². The summed E-state index contributed by atoms with van der Waals surface area (Å²) in [6.45, 7) is 6.57. The molecule has 0 N–H and O–H groups in total. The maximum Gasteiger partial charge on any atom is 0.137 e. The van der Waals surface area contributed by atoms with Gasteiger partial charge in [-0.3, -0.25) is 4.90 Å². The first kappa shape index (κ1) is 15.1. The van der Waals surface area contributed by atoms with Gasteiger partial charge in [0.05, 0.1) is 10.5 Å². The van der Waals surface area contributed by atoms with Crippen LogP contribution in [0.5, 0.6) is 0 Å². The molecule has 0 bridgehead atoms. The van der Waals surface area contributed by atoms with E-state index in [1.165, 1.54) is 6.07 Å². The lowest BCUT2D eigenvalue weighted by Gasteiger charge is -2.23. The Morgan fingerprint density at radius 2 is 2.17 bits per heavy atom. The zero-order valence-electron chi connectivity index (χ0n) is 10.8. The van der Waals surface area contributed by atoms with Crippen LogP contribution in [-0.4, -0.2) is 18.0 Å². The molecule has 0 saturated carbocycles. The van der Waals surface area contributed by atoms with E-state index in [0.29, 0.717) is 23.4 Å². The number of rotatable bonds is 6. The molecule has 0 radical (unpaired) electrons. The van der Waals surface area contributed by atoms with Gasteiger partial charge in [0.25, 0.3) is 0 Å². The minimum atomic E-state index is -0.239. The zero-order chi connectivity index (χ0) is 13.5. The first-order valence-corrected chi connectivity index (χ1v) is 6.86. The smallest absolute Gasteiger partial charge is 0.137 e. The number of benzene rings is 1. The summed E-state index contributed by atoms with van der Waals surface area (Å²) in [5.74, 6) is 0.285. The predicted molar refractivity (Wildman–Crippen MR) is 74.4 cm³/mol. The summed E-state index contributed by atoms with van der Waals surface area (Å²) < 4.78 is 14.0. The highest BCUT2D eigenvalue weighted by atomic mass is 79.9. The van der Waals surface area contributed by atoms with Crippen molar-refractivity contribution in [3.63, 3.8) is 0 Å². The van der Waals surface area contributed by atoms with Crippen molar-refractivity contribution in [3.05, 3.63) is 34.1 Å². The normalized spacial score (nSPS) is 10.9. The van der Waals surface area contributed by atoms with Gasteiger partial charge in [0.15, 0.2) is 0 Å². The number of nitriles is 1. The van der Waals surface area contributed by atoms with Gasteiger partial charge in [0.2, 0.25) is 0 Å². The topological polar surface area (TPSA) is 27.0 Å². The largest absolute Gasteiger partial charge is 0.298 e. The minimum Gasteiger partial charge on any atom is -0.298 e. The van der Waals surface area contributed by atoms with Gasteiger partial charge in [-0.05, 0) is 33.5 Å². The molecular formula is C14H18BrFN2. The molecule has 0 aromatic heterocycles. The third-order valence-electron chi connectivity index (χ3n) is 2.59. The van der Waals surface area contributed by atoms with E-state index in [1.807, 2.05) is 6.07 Å². The Morgan fingerprint density at radius 1 is 1.44 bits per heavy atom. The Morgan fingerprint density at radius 3 is 2.78 bits per heavy atom. The Bertz CT molecular complexity index is 426. The molecule has 18 heavy (non-hydrogen) atoms. The lowest BCUT2D eigenvalue weighted by atomic mass is 10.1. The highest BCUT2D eigenvalue weighted by Gasteiger charge is 2.11. The van der Waals surface area contributed by atoms with E-state index in [0.717, 1.165) is 18.7 Å². The fraction of sp³-hybridized carbons (Fsp3) is 0.500. The first-order valence-electron chi connectivity index (χ1n) is 6.06. The van der Waals surface area contributed by atoms with Crippen molar-refractivity contribution < 1.29 is 4.39 Å². The maximum absolute atomic E-state index is 13.4. The van der Waals surface area contributed by atoms with Crippen LogP contribution < -0.4 is 0 Å². The predicted octanol–water partition coefficient (Wildman–Crippen LogP) is 3.96. The summed E-state index contributed by atoms with van der Waals surface area (Å²) in [4.78, 5) is 2.19. The molecule has 0 fully saturated rings. The van der Waals surface area contributed by atoms with E-state index < -0.39 is 0 Å². The lowest BCUT2D eigenvalue weighted by Crippen LogP contribution is -2.28. The standard InChI is InChI=1S/C14H18BrFN2/c1-11(2)9-18(8-4-7-17)10-12-5-3-6-13(16)14(12)15/h3,5-6,11H,4,8-10H2,1-2H3. The second-order valence-corrected chi connectivity index (χ2v) is 5.54. The van der Waals surface area contributed by atoms with Crippen molar-refractivity contribution in [1.82, 2.24) is 4.90 Å². The molecule has 1 aromatic carbocycles. The molecule has 1 aromatic rings. The third-order valence-corrected chi connectivity index (χ3v) is 3.48. The summed E-state index contributed by atoms with van der Waals surface area (Å²) in [5.41, 5.74) is 0.925. The summed E-state index contributed by atoms with van der Waals surface area (Å²) in [6.07, 6.45) is 0.500. The van der Waals surface area contributed by atoms with Crippen LogP contribution in [0.4, 0.5) is 4.39 Å². The number of nitrogens with zero attached hydrogens (tertiary/aromatic N) is 2. The summed E-state index contributed by atoms with van der Waals surface area (Å²) in [7, 11) is 0. The minimum absolute atomic E-state index is 0.239. The fourth-order valence-electron chi connectivity index (χ4n) is 1.87. The number of hydrogen-bond donors (Lipinski definition) is 0. The van der Waals surface area contributed by atoms with Gasteiger partial charge in [0.1, 0.15) is 5.82 Å². The van der Waals surface area contributed by atoms with Crippen molar-refractivity contribution in [3.8, 4) is 6.07 Å². The molecule has 0 unspecified atom stereocenters. The molecule has 0 heterocycles. The van der Waals surface area contributed by atoms with E-state index in [-0.39, 0.29) is 5.82 Å². The molecule has 1 rings (SSSR count). The molecular weight excluding hydrogens is 295 g/mol. The molecule has 0 saturated heterocycles. The Hall–Kier alpha value is -0.920. The molecule has 4 heteroatoms. The van der Waals surface area contributed by atoms with Crippen molar-refractivity contribution >= 4 is 15.9 Å². The van der Waals surface area contributed by atoms with Crippen molar-refractivity contribution in [2.24, 2.45) is 5.92 Å². The van der Waals surface area contributed by atoms with Crippen molar-refractivity contribution in [2.45, 2.75) is 26.8 Å². The van der Waals surface area contributed by atoms with Crippen LogP contribution in [0.15, 0.2) is 22.7 Å². The van der Waals surface area contributed by atoms with Crippen LogP contribution in [0.1, 0.15) is 25.8 Å². The average Bonchev–Trinajstić information content (AvgIpc) is 2.31. The summed E-state index contributed by atoms with van der Waals surface area (Å²) in [6, 6.07) is 7.22. The van der Waals surface area contributed by atoms with Crippen LogP contribution in [0.25, 0.3) is 0 Å². The van der Waals surface area contributed by atoms with Gasteiger partial charge in [-0.2, -0.15) is 5.26 Å². The van der Waals surface area contributed by atoms with Gasteiger partial charge in [0, 0.05) is 26.1 Å². The highest BCUT2D eigenvalue weighted by Crippen LogP contribution is 2.22. The zero-order valence-corrected chi connectivity index (χ0v) is 12.4. The van der Waals surface area contributed by atoms with Crippen LogP contribution in [-0.2, 0) is 6.54 Å². The summed E-state index contributed by atoms with van der Waals surface area (Å²) in [5, 5.41) is 8.67. The average molecular weight is 313 g/mol. The van der Waals surface area contributed by atoms with E-state index in [9.17, 15) is 4.39 Å². The molecule has 0 spiro atoms. The van der Waals surface area contributed by atoms with Gasteiger partial charge in [-0.1, -0.05) is 26.0 Å². The van der Waals surface area contributed by atoms with Crippen LogP contribution in [0, 0.1) is 23.1 Å². The molecule has 2 nitrogen and oxygen atoms in total. The molecule has 0 atom stereocenters. The van der Waals surface area contributed by atoms with E-state index >= 15 is 0 Å². The first-order chi connectivity index (χ1) is 8.54.